The van der Waals surface area contributed by atoms with Crippen LogP contribution in [0.15, 0.2) is 12.7 Å². The molecule has 0 radical (unpaired) electrons. The van der Waals surface area contributed by atoms with Crippen LogP contribution in [-0.2, 0) is 9.53 Å². The second-order valence-corrected chi connectivity index (χ2v) is 2.51. The zero-order valence-electron chi connectivity index (χ0n) is 6.76. The second-order valence-electron chi connectivity index (χ2n) is 2.51. The van der Waals surface area contributed by atoms with E-state index in [2.05, 4.69) is 6.58 Å². The van der Waals surface area contributed by atoms with Gasteiger partial charge in [0.15, 0.2) is 0 Å². The first-order valence-electron chi connectivity index (χ1n) is 3.41. The molecule has 0 aliphatic heterocycles. The topological polar surface area (TPSA) is 26.3 Å². The molecule has 0 N–H and O–H groups in total. The summed E-state index contributed by atoms with van der Waals surface area (Å²) in [6, 6.07) is 0. The van der Waals surface area contributed by atoms with Crippen molar-refractivity contribution < 1.29 is 11.0 Å². The van der Waals surface area contributed by atoms with E-state index in [4.69, 9.17) is 4.74 Å². The van der Waals surface area contributed by atoms with Crippen molar-refractivity contribution in [2.45, 2.75) is 26.9 Å². The fraction of sp³-hybridized carbons (Fsp3) is 0.625. The third-order valence-electron chi connectivity index (χ3n) is 1.08. The standard InChI is InChI=1S/C8H14O2.H2/c1-5-7(4)8(9)10-6(2)3;/h5-7H,1H2,2-4H3;1H. The van der Waals surface area contributed by atoms with Crippen LogP contribution >= 0.6 is 0 Å². The van der Waals surface area contributed by atoms with Gasteiger partial charge in [-0.05, 0) is 20.8 Å². The summed E-state index contributed by atoms with van der Waals surface area (Å²) in [4.78, 5) is 10.9. The molecule has 0 aliphatic carbocycles. The maximum absolute atomic E-state index is 10.9. The van der Waals surface area contributed by atoms with Crippen LogP contribution in [0.3, 0.4) is 0 Å². The second kappa shape index (κ2) is 4.09. The quantitative estimate of drug-likeness (QED) is 0.447. The predicted molar refractivity (Wildman–Crippen MR) is 42.7 cm³/mol. The normalized spacial score (nSPS) is 12.8. The lowest BCUT2D eigenvalue weighted by atomic mass is 10.2. The minimum atomic E-state index is -0.204. The first-order valence-corrected chi connectivity index (χ1v) is 3.41. The molecule has 2 nitrogen and oxygen atoms in total. The van der Waals surface area contributed by atoms with Gasteiger partial charge in [-0.25, -0.2) is 0 Å². The highest BCUT2D eigenvalue weighted by atomic mass is 16.5. The summed E-state index contributed by atoms with van der Waals surface area (Å²) in [5, 5.41) is 0. The number of carbonyl (C=O) groups is 1. The van der Waals surface area contributed by atoms with Gasteiger partial charge in [-0.2, -0.15) is 0 Å². The van der Waals surface area contributed by atoms with Crippen LogP contribution in [0.5, 0.6) is 0 Å². The Hall–Kier alpha value is -0.790. The molecular weight excluding hydrogens is 128 g/mol. The number of rotatable bonds is 3. The molecule has 0 amide bonds. The lowest BCUT2D eigenvalue weighted by molar-refractivity contribution is -0.150. The first kappa shape index (κ1) is 9.21. The van der Waals surface area contributed by atoms with Gasteiger partial charge in [0.25, 0.3) is 0 Å². The predicted octanol–water partition coefficient (Wildman–Crippen LogP) is 2.01. The van der Waals surface area contributed by atoms with E-state index >= 15 is 0 Å². The molecule has 0 saturated heterocycles. The van der Waals surface area contributed by atoms with E-state index in [0.29, 0.717) is 0 Å². The molecule has 0 rings (SSSR count). The summed E-state index contributed by atoms with van der Waals surface area (Å²) < 4.78 is 4.89. The van der Waals surface area contributed by atoms with E-state index < -0.39 is 0 Å². The Balaban J connectivity index is 0. The Morgan fingerprint density at radius 1 is 1.60 bits per heavy atom. The van der Waals surface area contributed by atoms with Crippen molar-refractivity contribution in [3.63, 3.8) is 0 Å². The van der Waals surface area contributed by atoms with Gasteiger partial charge in [0.1, 0.15) is 0 Å². The maximum Gasteiger partial charge on any atom is 0.312 e. The summed E-state index contributed by atoms with van der Waals surface area (Å²) in [5.41, 5.74) is 0. The van der Waals surface area contributed by atoms with Crippen LogP contribution in [0.25, 0.3) is 0 Å². The molecule has 0 spiro atoms. The van der Waals surface area contributed by atoms with Gasteiger partial charge in [-0.1, -0.05) is 6.08 Å². The molecule has 0 aliphatic rings. The van der Waals surface area contributed by atoms with E-state index in [9.17, 15) is 4.79 Å². The third kappa shape index (κ3) is 3.28. The van der Waals surface area contributed by atoms with Gasteiger partial charge in [0, 0.05) is 1.43 Å². The van der Waals surface area contributed by atoms with Crippen molar-refractivity contribution in [2.75, 3.05) is 0 Å². The highest BCUT2D eigenvalue weighted by Gasteiger charge is 2.10. The molecule has 0 heterocycles. The van der Waals surface area contributed by atoms with Crippen molar-refractivity contribution in [2.24, 2.45) is 5.92 Å². The van der Waals surface area contributed by atoms with Crippen LogP contribution < -0.4 is 0 Å². The summed E-state index contributed by atoms with van der Waals surface area (Å²) in [6.45, 7) is 8.90. The molecule has 1 atom stereocenters. The van der Waals surface area contributed by atoms with Gasteiger partial charge >= 0.3 is 5.97 Å². The largest absolute Gasteiger partial charge is 0.463 e. The summed E-state index contributed by atoms with van der Waals surface area (Å²) in [6.07, 6.45) is 1.54. The average molecular weight is 144 g/mol. The average Bonchev–Trinajstić information content (AvgIpc) is 1.85. The molecule has 0 aromatic carbocycles. The van der Waals surface area contributed by atoms with E-state index in [1.807, 2.05) is 13.8 Å². The third-order valence-corrected chi connectivity index (χ3v) is 1.08. The fourth-order valence-corrected chi connectivity index (χ4v) is 0.436. The molecular formula is C8H16O2. The Kier molecular flexibility index (Phi) is 3.77. The molecule has 10 heavy (non-hydrogen) atoms. The lowest BCUT2D eigenvalue weighted by Crippen LogP contribution is -2.16. The number of hydrogen-bond donors (Lipinski definition) is 0. The number of esters is 1. The summed E-state index contributed by atoms with van der Waals surface area (Å²) in [7, 11) is 0. The van der Waals surface area contributed by atoms with E-state index in [1.165, 1.54) is 0 Å². The van der Waals surface area contributed by atoms with Crippen molar-refractivity contribution in [1.82, 2.24) is 0 Å². The number of ether oxygens (including phenoxy) is 1. The highest BCUT2D eigenvalue weighted by Crippen LogP contribution is 2.01. The van der Waals surface area contributed by atoms with Crippen molar-refractivity contribution in [1.29, 1.82) is 0 Å². The van der Waals surface area contributed by atoms with Gasteiger partial charge in [0.2, 0.25) is 0 Å². The number of carbonyl (C=O) groups excluding carboxylic acids is 1. The summed E-state index contributed by atoms with van der Waals surface area (Å²) >= 11 is 0. The van der Waals surface area contributed by atoms with Gasteiger partial charge < -0.3 is 4.74 Å². The van der Waals surface area contributed by atoms with Crippen molar-refractivity contribution in [3.8, 4) is 0 Å². The Bertz CT molecular complexity index is 132. The minimum absolute atomic E-state index is 0. The molecule has 0 fully saturated rings. The monoisotopic (exact) mass is 144 g/mol. The van der Waals surface area contributed by atoms with Crippen LogP contribution in [0, 0.1) is 5.92 Å². The molecule has 0 saturated carbocycles. The fourth-order valence-electron chi connectivity index (χ4n) is 0.436. The SMILES string of the molecule is C=CC(C)C(=O)OC(C)C.[HH]. The molecule has 0 aromatic rings. The van der Waals surface area contributed by atoms with E-state index in [-0.39, 0.29) is 19.4 Å². The van der Waals surface area contributed by atoms with Crippen LogP contribution in [0.2, 0.25) is 0 Å². The van der Waals surface area contributed by atoms with Gasteiger partial charge in [0.05, 0.1) is 12.0 Å². The number of hydrogen-bond acceptors (Lipinski definition) is 2. The molecule has 2 heteroatoms. The Labute approximate surface area is 63.4 Å². The van der Waals surface area contributed by atoms with E-state index in [0.717, 1.165) is 0 Å². The molecule has 60 valence electrons. The Morgan fingerprint density at radius 2 is 2.10 bits per heavy atom. The smallest absolute Gasteiger partial charge is 0.312 e. The van der Waals surface area contributed by atoms with Gasteiger partial charge in [-0.15, -0.1) is 6.58 Å². The summed E-state index contributed by atoms with van der Waals surface area (Å²) in [5.74, 6) is -0.396. The molecule has 0 aromatic heterocycles. The van der Waals surface area contributed by atoms with Crippen molar-refractivity contribution >= 4 is 5.97 Å². The van der Waals surface area contributed by atoms with Crippen LogP contribution in [-0.4, -0.2) is 12.1 Å². The zero-order valence-corrected chi connectivity index (χ0v) is 6.76. The van der Waals surface area contributed by atoms with E-state index in [1.54, 1.807) is 13.0 Å². The molecule has 0 bridgehead atoms. The maximum atomic E-state index is 10.9. The highest BCUT2D eigenvalue weighted by molar-refractivity contribution is 5.73. The molecule has 1 unspecified atom stereocenters. The van der Waals surface area contributed by atoms with Gasteiger partial charge in [-0.3, -0.25) is 4.79 Å². The zero-order chi connectivity index (χ0) is 8.15. The van der Waals surface area contributed by atoms with Crippen LogP contribution in [0.4, 0.5) is 0 Å². The van der Waals surface area contributed by atoms with Crippen molar-refractivity contribution in [3.05, 3.63) is 12.7 Å². The Morgan fingerprint density at radius 3 is 2.40 bits per heavy atom. The lowest BCUT2D eigenvalue weighted by Gasteiger charge is -2.09. The first-order chi connectivity index (χ1) is 4.57. The van der Waals surface area contributed by atoms with Crippen LogP contribution in [0.1, 0.15) is 22.2 Å². The minimum Gasteiger partial charge on any atom is -0.463 e.